The van der Waals surface area contributed by atoms with Crippen LogP contribution < -0.4 is 5.48 Å². The van der Waals surface area contributed by atoms with Gasteiger partial charge in [-0.25, -0.2) is 14.3 Å². The first-order chi connectivity index (χ1) is 6.66. The summed E-state index contributed by atoms with van der Waals surface area (Å²) in [6.45, 7) is 1.86. The molecule has 0 saturated heterocycles. The van der Waals surface area contributed by atoms with Gasteiger partial charge in [-0.2, -0.15) is 0 Å². The summed E-state index contributed by atoms with van der Waals surface area (Å²) in [5.74, 6) is -2.76. The highest BCUT2D eigenvalue weighted by atomic mass is 19.1. The van der Waals surface area contributed by atoms with Crippen molar-refractivity contribution in [2.45, 2.75) is 6.92 Å². The molecule has 0 aliphatic heterocycles. The first-order valence-electron chi connectivity index (χ1n) is 4.03. The summed E-state index contributed by atoms with van der Waals surface area (Å²) in [5.41, 5.74) is 1.27. The van der Waals surface area contributed by atoms with E-state index < -0.39 is 23.1 Å². The first-order valence-corrected chi connectivity index (χ1v) is 4.03. The second-order valence-corrected chi connectivity index (χ2v) is 2.46. The summed E-state index contributed by atoms with van der Waals surface area (Å²) in [6, 6.07) is 3.19. The zero-order valence-corrected chi connectivity index (χ0v) is 7.51. The van der Waals surface area contributed by atoms with Crippen LogP contribution in [0.4, 0.5) is 8.78 Å². The lowest BCUT2D eigenvalue weighted by atomic mass is 10.2. The van der Waals surface area contributed by atoms with Crippen molar-refractivity contribution in [3.05, 3.63) is 35.4 Å². The minimum Gasteiger partial charge on any atom is -0.274 e. The molecule has 1 rings (SSSR count). The summed E-state index contributed by atoms with van der Waals surface area (Å²) in [7, 11) is 0. The van der Waals surface area contributed by atoms with E-state index in [0.717, 1.165) is 12.1 Å². The highest BCUT2D eigenvalue weighted by Crippen LogP contribution is 2.11. The third kappa shape index (κ3) is 2.26. The molecule has 0 unspecified atom stereocenters. The van der Waals surface area contributed by atoms with Gasteiger partial charge in [0, 0.05) is 0 Å². The number of hydroxylamine groups is 1. The first kappa shape index (κ1) is 10.6. The van der Waals surface area contributed by atoms with Crippen molar-refractivity contribution in [3.8, 4) is 0 Å². The molecule has 1 N–H and O–H groups in total. The molecule has 0 aliphatic carbocycles. The fraction of sp³-hybridized carbons (Fsp3) is 0.222. The van der Waals surface area contributed by atoms with Crippen molar-refractivity contribution in [3.63, 3.8) is 0 Å². The Hall–Kier alpha value is -1.49. The van der Waals surface area contributed by atoms with E-state index in [4.69, 9.17) is 0 Å². The van der Waals surface area contributed by atoms with Crippen LogP contribution in [0.15, 0.2) is 18.2 Å². The maximum Gasteiger partial charge on any atom is 0.280 e. The van der Waals surface area contributed by atoms with Crippen LogP contribution in [-0.2, 0) is 4.84 Å². The second-order valence-electron chi connectivity index (χ2n) is 2.46. The number of hydrogen-bond acceptors (Lipinski definition) is 2. The SMILES string of the molecule is CCONC(=O)c1c(F)cccc1F. The van der Waals surface area contributed by atoms with E-state index in [1.165, 1.54) is 6.07 Å². The van der Waals surface area contributed by atoms with Gasteiger partial charge in [-0.05, 0) is 19.1 Å². The second kappa shape index (κ2) is 4.66. The third-order valence-electron chi connectivity index (χ3n) is 1.50. The predicted octanol–water partition coefficient (Wildman–Crippen LogP) is 1.65. The van der Waals surface area contributed by atoms with Gasteiger partial charge in [0.2, 0.25) is 0 Å². The molecule has 0 spiro atoms. The van der Waals surface area contributed by atoms with Crippen LogP contribution in [0, 0.1) is 11.6 Å². The lowest BCUT2D eigenvalue weighted by Crippen LogP contribution is -2.25. The quantitative estimate of drug-likeness (QED) is 0.755. The van der Waals surface area contributed by atoms with E-state index in [9.17, 15) is 13.6 Å². The summed E-state index contributed by atoms with van der Waals surface area (Å²) in [6.07, 6.45) is 0. The molecule has 1 amide bonds. The summed E-state index contributed by atoms with van der Waals surface area (Å²) in [4.78, 5) is 15.7. The molecule has 0 saturated carbocycles. The standard InChI is InChI=1S/C9H9F2NO2/c1-2-14-12-9(13)8-6(10)4-3-5-7(8)11/h3-5H,2H2,1H3,(H,12,13). The van der Waals surface area contributed by atoms with Gasteiger partial charge < -0.3 is 0 Å². The van der Waals surface area contributed by atoms with Crippen molar-refractivity contribution < 1.29 is 18.4 Å². The van der Waals surface area contributed by atoms with Gasteiger partial charge in [-0.3, -0.25) is 9.63 Å². The van der Waals surface area contributed by atoms with Gasteiger partial charge in [-0.1, -0.05) is 6.07 Å². The average Bonchev–Trinajstić information content (AvgIpc) is 2.14. The Labute approximate surface area is 79.6 Å². The molecule has 5 heteroatoms. The number of benzene rings is 1. The zero-order chi connectivity index (χ0) is 10.6. The molecule has 1 aromatic carbocycles. The van der Waals surface area contributed by atoms with Gasteiger partial charge in [-0.15, -0.1) is 0 Å². The zero-order valence-electron chi connectivity index (χ0n) is 7.51. The van der Waals surface area contributed by atoms with Crippen LogP contribution >= 0.6 is 0 Å². The van der Waals surface area contributed by atoms with Gasteiger partial charge in [0.1, 0.15) is 17.2 Å². The smallest absolute Gasteiger partial charge is 0.274 e. The maximum atomic E-state index is 13.0. The van der Waals surface area contributed by atoms with Gasteiger partial charge in [0.15, 0.2) is 0 Å². The lowest BCUT2D eigenvalue weighted by Gasteiger charge is -2.05. The van der Waals surface area contributed by atoms with Gasteiger partial charge in [0.25, 0.3) is 5.91 Å². The maximum absolute atomic E-state index is 13.0. The number of halogens is 2. The Balaban J connectivity index is 2.89. The fourth-order valence-corrected chi connectivity index (χ4v) is 0.903. The molecule has 14 heavy (non-hydrogen) atoms. The molecule has 0 aromatic heterocycles. The fourth-order valence-electron chi connectivity index (χ4n) is 0.903. The van der Waals surface area contributed by atoms with Gasteiger partial charge >= 0.3 is 0 Å². The number of nitrogens with one attached hydrogen (secondary N) is 1. The number of amides is 1. The van der Waals surface area contributed by atoms with Crippen molar-refractivity contribution in [2.75, 3.05) is 6.61 Å². The minimum atomic E-state index is -0.928. The Morgan fingerprint density at radius 1 is 1.43 bits per heavy atom. The predicted molar refractivity (Wildman–Crippen MR) is 45.5 cm³/mol. The molecule has 0 bridgehead atoms. The van der Waals surface area contributed by atoms with Crippen LogP contribution in [0.25, 0.3) is 0 Å². The number of carbonyl (C=O) groups is 1. The van der Waals surface area contributed by atoms with Crippen molar-refractivity contribution in [1.82, 2.24) is 5.48 Å². The van der Waals surface area contributed by atoms with Crippen molar-refractivity contribution in [2.24, 2.45) is 0 Å². The molecule has 76 valence electrons. The number of rotatable bonds is 3. The van der Waals surface area contributed by atoms with E-state index in [2.05, 4.69) is 4.84 Å². The van der Waals surface area contributed by atoms with E-state index in [1.54, 1.807) is 6.92 Å². The minimum absolute atomic E-state index is 0.224. The summed E-state index contributed by atoms with van der Waals surface area (Å²) >= 11 is 0. The highest BCUT2D eigenvalue weighted by Gasteiger charge is 2.16. The van der Waals surface area contributed by atoms with Crippen LogP contribution in [0.5, 0.6) is 0 Å². The van der Waals surface area contributed by atoms with Crippen LogP contribution in [0.3, 0.4) is 0 Å². The Bertz CT molecular complexity index is 321. The Morgan fingerprint density at radius 3 is 2.50 bits per heavy atom. The van der Waals surface area contributed by atoms with Gasteiger partial charge in [0.05, 0.1) is 6.61 Å². The molecular weight excluding hydrogens is 192 g/mol. The van der Waals surface area contributed by atoms with Crippen LogP contribution in [0.2, 0.25) is 0 Å². The van der Waals surface area contributed by atoms with E-state index in [-0.39, 0.29) is 6.61 Å². The Kier molecular flexibility index (Phi) is 3.53. The Morgan fingerprint density at radius 2 is 2.00 bits per heavy atom. The van der Waals surface area contributed by atoms with Crippen LogP contribution in [0.1, 0.15) is 17.3 Å². The van der Waals surface area contributed by atoms with Crippen molar-refractivity contribution >= 4 is 5.91 Å². The largest absolute Gasteiger partial charge is 0.280 e. The number of hydrogen-bond donors (Lipinski definition) is 1. The van der Waals surface area contributed by atoms with E-state index in [0.29, 0.717) is 0 Å². The van der Waals surface area contributed by atoms with E-state index in [1.807, 2.05) is 5.48 Å². The molecule has 0 aliphatic rings. The molecule has 0 heterocycles. The molecule has 3 nitrogen and oxygen atoms in total. The molecular formula is C9H9F2NO2. The highest BCUT2D eigenvalue weighted by molar-refractivity contribution is 5.93. The number of carbonyl (C=O) groups excluding carboxylic acids is 1. The monoisotopic (exact) mass is 201 g/mol. The molecule has 0 radical (unpaired) electrons. The lowest BCUT2D eigenvalue weighted by molar-refractivity contribution is 0.0357. The average molecular weight is 201 g/mol. The summed E-state index contributed by atoms with van der Waals surface area (Å²) in [5, 5.41) is 0. The normalized spacial score (nSPS) is 9.93. The van der Waals surface area contributed by atoms with Crippen molar-refractivity contribution in [1.29, 1.82) is 0 Å². The van der Waals surface area contributed by atoms with E-state index >= 15 is 0 Å². The third-order valence-corrected chi connectivity index (χ3v) is 1.50. The molecule has 1 aromatic rings. The molecule has 0 fully saturated rings. The van der Waals surface area contributed by atoms with Crippen LogP contribution in [-0.4, -0.2) is 12.5 Å². The molecule has 0 atom stereocenters. The summed E-state index contributed by atoms with van der Waals surface area (Å²) < 4.78 is 25.9. The topological polar surface area (TPSA) is 38.3 Å².